The van der Waals surface area contributed by atoms with Crippen LogP contribution < -0.4 is 5.32 Å². The minimum absolute atomic E-state index is 0.0570. The summed E-state index contributed by atoms with van der Waals surface area (Å²) < 4.78 is 0. The summed E-state index contributed by atoms with van der Waals surface area (Å²) in [5.74, 6) is 0.0648. The van der Waals surface area contributed by atoms with E-state index in [1.54, 1.807) is 12.4 Å². The number of rotatable bonds is 4. The molecule has 1 atom stereocenters. The highest BCUT2D eigenvalue weighted by Crippen LogP contribution is 2.20. The van der Waals surface area contributed by atoms with Gasteiger partial charge in [0.05, 0.1) is 12.5 Å². The van der Waals surface area contributed by atoms with Gasteiger partial charge in [0.2, 0.25) is 11.8 Å². The fourth-order valence-electron chi connectivity index (χ4n) is 2.56. The monoisotopic (exact) mass is 289 g/mol. The first-order chi connectivity index (χ1) is 9.83. The fourth-order valence-corrected chi connectivity index (χ4v) is 2.56. The first-order valence-corrected chi connectivity index (χ1v) is 7.29. The van der Waals surface area contributed by atoms with Crippen LogP contribution in [0.4, 0.5) is 0 Å². The maximum Gasteiger partial charge on any atom is 0.224 e. The van der Waals surface area contributed by atoms with Gasteiger partial charge < -0.3 is 10.2 Å². The molecule has 0 spiro atoms. The normalized spacial score (nSPS) is 18.9. The summed E-state index contributed by atoms with van der Waals surface area (Å²) in [5, 5.41) is 2.94. The van der Waals surface area contributed by atoms with E-state index in [1.165, 1.54) is 0 Å². The largest absolute Gasteiger partial charge is 0.351 e. The first kappa shape index (κ1) is 15.5. The SMILES string of the molecule is CC(C)(C)CN1C[C@H](NC(=O)Cc2cccnc2)CC1=O. The Bertz CT molecular complexity index is 508. The molecule has 114 valence electrons. The second kappa shape index (κ2) is 6.24. The fraction of sp³-hybridized carbons (Fsp3) is 0.562. The molecule has 2 amide bonds. The highest BCUT2D eigenvalue weighted by atomic mass is 16.2. The Morgan fingerprint density at radius 2 is 2.24 bits per heavy atom. The zero-order valence-electron chi connectivity index (χ0n) is 12.9. The molecule has 1 saturated heterocycles. The lowest BCUT2D eigenvalue weighted by Gasteiger charge is -2.26. The molecular weight excluding hydrogens is 266 g/mol. The molecule has 2 heterocycles. The van der Waals surface area contributed by atoms with Crippen LogP contribution in [0.15, 0.2) is 24.5 Å². The van der Waals surface area contributed by atoms with E-state index in [-0.39, 0.29) is 23.3 Å². The van der Waals surface area contributed by atoms with Crippen LogP contribution in [0.1, 0.15) is 32.8 Å². The number of carbonyl (C=O) groups excluding carboxylic acids is 2. The van der Waals surface area contributed by atoms with Crippen molar-refractivity contribution in [1.29, 1.82) is 0 Å². The summed E-state index contributed by atoms with van der Waals surface area (Å²) in [6.45, 7) is 7.65. The minimum Gasteiger partial charge on any atom is -0.351 e. The molecule has 0 aliphatic carbocycles. The molecule has 0 radical (unpaired) electrons. The summed E-state index contributed by atoms with van der Waals surface area (Å²) in [6, 6.07) is 3.61. The molecule has 1 aliphatic heterocycles. The molecule has 1 aromatic heterocycles. The second-order valence-electron chi connectivity index (χ2n) is 6.84. The van der Waals surface area contributed by atoms with Gasteiger partial charge in [-0.3, -0.25) is 14.6 Å². The Hall–Kier alpha value is -1.91. The molecule has 0 saturated carbocycles. The zero-order valence-corrected chi connectivity index (χ0v) is 12.9. The molecular formula is C16H23N3O2. The number of hydrogen-bond acceptors (Lipinski definition) is 3. The van der Waals surface area contributed by atoms with Crippen LogP contribution in [-0.4, -0.2) is 40.8 Å². The molecule has 0 unspecified atom stereocenters. The van der Waals surface area contributed by atoms with Crippen molar-refractivity contribution in [3.63, 3.8) is 0 Å². The molecule has 1 fully saturated rings. The van der Waals surface area contributed by atoms with Gasteiger partial charge in [0, 0.05) is 31.9 Å². The number of amides is 2. The van der Waals surface area contributed by atoms with E-state index in [0.29, 0.717) is 19.4 Å². The number of pyridine rings is 1. The van der Waals surface area contributed by atoms with Crippen molar-refractivity contribution < 1.29 is 9.59 Å². The average molecular weight is 289 g/mol. The van der Waals surface area contributed by atoms with Crippen LogP contribution in [0, 0.1) is 5.41 Å². The number of nitrogens with zero attached hydrogens (tertiary/aromatic N) is 2. The Kier molecular flexibility index (Phi) is 4.60. The predicted molar refractivity (Wildman–Crippen MR) is 80.5 cm³/mol. The molecule has 5 nitrogen and oxygen atoms in total. The van der Waals surface area contributed by atoms with Crippen LogP contribution >= 0.6 is 0 Å². The summed E-state index contributed by atoms with van der Waals surface area (Å²) in [7, 11) is 0. The highest BCUT2D eigenvalue weighted by Gasteiger charge is 2.32. The molecule has 2 rings (SSSR count). The van der Waals surface area contributed by atoms with Crippen molar-refractivity contribution in [2.75, 3.05) is 13.1 Å². The standard InChI is InChI=1S/C16H23N3O2/c1-16(2,3)11-19-10-13(8-15(19)21)18-14(20)7-12-5-4-6-17-9-12/h4-6,9,13H,7-8,10-11H2,1-3H3,(H,18,20)/t13-/m1/s1. The topological polar surface area (TPSA) is 62.3 Å². The number of hydrogen-bond donors (Lipinski definition) is 1. The summed E-state index contributed by atoms with van der Waals surface area (Å²) in [4.78, 5) is 29.8. The number of aromatic nitrogens is 1. The van der Waals surface area contributed by atoms with Gasteiger partial charge in [0.15, 0.2) is 0 Å². The summed E-state index contributed by atoms with van der Waals surface area (Å²) in [5.41, 5.74) is 0.954. The number of nitrogens with one attached hydrogen (secondary N) is 1. The maximum atomic E-state index is 12.0. The average Bonchev–Trinajstić information content (AvgIpc) is 2.68. The van der Waals surface area contributed by atoms with Gasteiger partial charge >= 0.3 is 0 Å². The van der Waals surface area contributed by atoms with Crippen molar-refractivity contribution in [2.24, 2.45) is 5.41 Å². The quantitative estimate of drug-likeness (QED) is 0.911. The lowest BCUT2D eigenvalue weighted by Crippen LogP contribution is -2.39. The van der Waals surface area contributed by atoms with Gasteiger partial charge in [0.25, 0.3) is 0 Å². The summed E-state index contributed by atoms with van der Waals surface area (Å²) in [6.07, 6.45) is 4.07. The van der Waals surface area contributed by atoms with Crippen molar-refractivity contribution >= 4 is 11.8 Å². The smallest absolute Gasteiger partial charge is 0.224 e. The van der Waals surface area contributed by atoms with E-state index in [4.69, 9.17) is 0 Å². The summed E-state index contributed by atoms with van der Waals surface area (Å²) >= 11 is 0. The van der Waals surface area contributed by atoms with Gasteiger partial charge in [-0.25, -0.2) is 0 Å². The van der Waals surface area contributed by atoms with Crippen molar-refractivity contribution in [3.8, 4) is 0 Å². The third-order valence-electron chi connectivity index (χ3n) is 3.33. The van der Waals surface area contributed by atoms with E-state index in [1.807, 2.05) is 17.0 Å². The molecule has 21 heavy (non-hydrogen) atoms. The van der Waals surface area contributed by atoms with E-state index in [0.717, 1.165) is 12.1 Å². The van der Waals surface area contributed by atoms with E-state index >= 15 is 0 Å². The van der Waals surface area contributed by atoms with Gasteiger partial charge in [-0.1, -0.05) is 26.8 Å². The molecule has 5 heteroatoms. The predicted octanol–water partition coefficient (Wildman–Crippen LogP) is 1.39. The van der Waals surface area contributed by atoms with Crippen LogP contribution in [-0.2, 0) is 16.0 Å². The Balaban J connectivity index is 1.84. The zero-order chi connectivity index (χ0) is 15.5. The molecule has 1 N–H and O–H groups in total. The van der Waals surface area contributed by atoms with Gasteiger partial charge in [-0.2, -0.15) is 0 Å². The first-order valence-electron chi connectivity index (χ1n) is 7.29. The highest BCUT2D eigenvalue weighted by molar-refractivity contribution is 5.83. The molecule has 1 aromatic rings. The lowest BCUT2D eigenvalue weighted by molar-refractivity contribution is -0.128. The molecule has 0 aromatic carbocycles. The van der Waals surface area contributed by atoms with E-state index in [2.05, 4.69) is 31.1 Å². The van der Waals surface area contributed by atoms with Crippen LogP contribution in [0.25, 0.3) is 0 Å². The van der Waals surface area contributed by atoms with E-state index in [9.17, 15) is 9.59 Å². The Morgan fingerprint density at radius 1 is 1.48 bits per heavy atom. The van der Waals surface area contributed by atoms with Crippen molar-refractivity contribution in [2.45, 2.75) is 39.7 Å². The molecule has 1 aliphatic rings. The van der Waals surface area contributed by atoms with Crippen LogP contribution in [0.2, 0.25) is 0 Å². The number of likely N-dealkylation sites (tertiary alicyclic amines) is 1. The van der Waals surface area contributed by atoms with Crippen molar-refractivity contribution in [1.82, 2.24) is 15.2 Å². The van der Waals surface area contributed by atoms with Crippen LogP contribution in [0.3, 0.4) is 0 Å². The van der Waals surface area contributed by atoms with E-state index < -0.39 is 0 Å². The van der Waals surface area contributed by atoms with Crippen LogP contribution in [0.5, 0.6) is 0 Å². The Morgan fingerprint density at radius 3 is 2.86 bits per heavy atom. The molecule has 0 bridgehead atoms. The van der Waals surface area contributed by atoms with Gasteiger partial charge in [-0.15, -0.1) is 0 Å². The lowest BCUT2D eigenvalue weighted by atomic mass is 9.96. The third-order valence-corrected chi connectivity index (χ3v) is 3.33. The van der Waals surface area contributed by atoms with Crippen molar-refractivity contribution in [3.05, 3.63) is 30.1 Å². The second-order valence-corrected chi connectivity index (χ2v) is 6.84. The maximum absolute atomic E-state index is 12.0. The third kappa shape index (κ3) is 4.85. The minimum atomic E-state index is -0.0796. The van der Waals surface area contributed by atoms with Gasteiger partial charge in [0.1, 0.15) is 0 Å². The number of carbonyl (C=O) groups is 2. The van der Waals surface area contributed by atoms with Gasteiger partial charge in [-0.05, 0) is 17.0 Å². The Labute approximate surface area is 125 Å².